The van der Waals surface area contributed by atoms with Gasteiger partial charge in [0.2, 0.25) is 0 Å². The SMILES string of the molecule is CC(CCC1(O)OC2CC3C4CC(O)[C@H]5CC(C[C@@H]6O[C@H](CO)[C@H](O[C@@H]7O[C@H](CO)[C@@H](O)[C@H](O)[C@H]7O)[C@H](O)[C@H]6O)C(O)CC5(C)C4CCC3(C)C2[C@@H]1C)CO[C@H]1O[C@@H](CO)[C@H](O)[C@@H](O)[C@@H]1O. The van der Waals surface area contributed by atoms with Gasteiger partial charge in [-0.25, -0.2) is 0 Å². The predicted octanol–water partition coefficient (Wildman–Crippen LogP) is -3.17. The largest absolute Gasteiger partial charge is 0.394 e. The second-order valence-corrected chi connectivity index (χ2v) is 22.2. The van der Waals surface area contributed by atoms with Crippen LogP contribution in [0.4, 0.5) is 0 Å². The standard InChI is InChI=1S/C46H78O20/c1-18(17-61-42-39(58)36(55)34(53)29(14-47)63-42)5-8-46(60)19(2)32-27(66-46)12-23-21-11-25(50)24-9-20(26(51)13-45(24,4)22(21)6-7-44(23,32)3)10-28-33(52)38(57)41(31(16-49)62-28)65-43-40(59)37(56)35(54)30(15-48)64-43/h18-43,47-60H,5-17H2,1-4H3/t18?,19-,20?,21?,22?,23?,24+,25?,26?,27?,28-,29-,30+,31+,32?,33-,34-,35+,36+,37-,38+,39-,40+,41-,42-,43-,44?,45?,46?/m0/s1. The zero-order chi connectivity index (χ0) is 47.9. The van der Waals surface area contributed by atoms with Gasteiger partial charge in [-0.3, -0.25) is 0 Å². The summed E-state index contributed by atoms with van der Waals surface area (Å²) in [5.41, 5.74) is -0.558. The van der Waals surface area contributed by atoms with Crippen LogP contribution in [-0.4, -0.2) is 214 Å². The summed E-state index contributed by atoms with van der Waals surface area (Å²) in [7, 11) is 0. The predicted molar refractivity (Wildman–Crippen MR) is 225 cm³/mol. The lowest BCUT2D eigenvalue weighted by Gasteiger charge is -2.63. The molecule has 20 nitrogen and oxygen atoms in total. The molecule has 4 heterocycles. The zero-order valence-corrected chi connectivity index (χ0v) is 38.4. The molecule has 0 aromatic rings. The Morgan fingerprint density at radius 2 is 1.24 bits per heavy atom. The van der Waals surface area contributed by atoms with Gasteiger partial charge < -0.3 is 99.9 Å². The van der Waals surface area contributed by atoms with Crippen molar-refractivity contribution in [1.29, 1.82) is 0 Å². The molecule has 4 saturated carbocycles. The Morgan fingerprint density at radius 3 is 1.88 bits per heavy atom. The minimum absolute atomic E-state index is 0.0837. The second-order valence-electron chi connectivity index (χ2n) is 22.2. The summed E-state index contributed by atoms with van der Waals surface area (Å²) in [6.45, 7) is 6.73. The van der Waals surface area contributed by atoms with Crippen molar-refractivity contribution in [2.45, 2.75) is 202 Å². The van der Waals surface area contributed by atoms with Gasteiger partial charge >= 0.3 is 0 Å². The van der Waals surface area contributed by atoms with Crippen LogP contribution in [0.25, 0.3) is 0 Å². The summed E-state index contributed by atoms with van der Waals surface area (Å²) >= 11 is 0. The van der Waals surface area contributed by atoms with Gasteiger partial charge in [-0.1, -0.05) is 27.7 Å². The molecule has 0 radical (unpaired) electrons. The van der Waals surface area contributed by atoms with Crippen molar-refractivity contribution < 1.29 is 99.9 Å². The zero-order valence-electron chi connectivity index (χ0n) is 38.4. The highest BCUT2D eigenvalue weighted by Crippen LogP contribution is 2.71. The van der Waals surface area contributed by atoms with E-state index in [2.05, 4.69) is 20.8 Å². The smallest absolute Gasteiger partial charge is 0.187 e. The fourth-order valence-corrected chi connectivity index (χ4v) is 14.8. The first-order valence-electron chi connectivity index (χ1n) is 24.4. The molecule has 0 bridgehead atoms. The average molecular weight is 951 g/mol. The van der Waals surface area contributed by atoms with Gasteiger partial charge in [-0.15, -0.1) is 0 Å². The summed E-state index contributed by atoms with van der Waals surface area (Å²) in [6.07, 6.45) is -18.4. The Morgan fingerprint density at radius 1 is 0.636 bits per heavy atom. The van der Waals surface area contributed by atoms with E-state index in [9.17, 15) is 71.5 Å². The molecule has 0 amide bonds. The Labute approximate surface area is 385 Å². The molecule has 66 heavy (non-hydrogen) atoms. The van der Waals surface area contributed by atoms with E-state index in [4.69, 9.17) is 28.4 Å². The molecular formula is C46H78O20. The van der Waals surface area contributed by atoms with Crippen LogP contribution in [0, 0.1) is 58.2 Å². The molecule has 4 aliphatic carbocycles. The average Bonchev–Trinajstić information content (AvgIpc) is 3.72. The summed E-state index contributed by atoms with van der Waals surface area (Å²) in [6, 6.07) is 0. The fraction of sp³-hybridized carbons (Fsp3) is 1.00. The van der Waals surface area contributed by atoms with E-state index >= 15 is 0 Å². The highest BCUT2D eigenvalue weighted by atomic mass is 16.7. The van der Waals surface area contributed by atoms with Crippen molar-refractivity contribution in [2.24, 2.45) is 58.2 Å². The van der Waals surface area contributed by atoms with Crippen molar-refractivity contribution in [3.05, 3.63) is 0 Å². The number of ether oxygens (including phenoxy) is 6. The van der Waals surface area contributed by atoms with Gasteiger partial charge in [0.1, 0.15) is 73.2 Å². The highest BCUT2D eigenvalue weighted by molar-refractivity contribution is 5.16. The van der Waals surface area contributed by atoms with Crippen molar-refractivity contribution in [3.63, 3.8) is 0 Å². The monoisotopic (exact) mass is 951 g/mol. The lowest BCUT2D eigenvalue weighted by Crippen LogP contribution is -2.65. The molecule has 20 heteroatoms. The first kappa shape index (κ1) is 51.6. The molecule has 14 N–H and O–H groups in total. The quantitative estimate of drug-likeness (QED) is 0.0866. The Balaban J connectivity index is 0.868. The number of rotatable bonds is 13. The van der Waals surface area contributed by atoms with Crippen LogP contribution in [0.1, 0.15) is 85.5 Å². The maximum Gasteiger partial charge on any atom is 0.187 e. The molecule has 4 saturated heterocycles. The molecule has 8 rings (SSSR count). The van der Waals surface area contributed by atoms with Crippen LogP contribution >= 0.6 is 0 Å². The third-order valence-electron chi connectivity index (χ3n) is 18.6. The first-order valence-corrected chi connectivity index (χ1v) is 24.4. The maximum absolute atomic E-state index is 12.1. The van der Waals surface area contributed by atoms with Crippen LogP contribution in [0.2, 0.25) is 0 Å². The Bertz CT molecular complexity index is 1630. The van der Waals surface area contributed by atoms with E-state index < -0.39 is 141 Å². The highest BCUT2D eigenvalue weighted by Gasteiger charge is 2.69. The Hall–Kier alpha value is -0.800. The third-order valence-corrected chi connectivity index (χ3v) is 18.6. The van der Waals surface area contributed by atoms with Crippen molar-refractivity contribution in [3.8, 4) is 0 Å². The minimum Gasteiger partial charge on any atom is -0.394 e. The fourth-order valence-electron chi connectivity index (χ4n) is 14.8. The van der Waals surface area contributed by atoms with Gasteiger partial charge in [0.15, 0.2) is 18.4 Å². The summed E-state index contributed by atoms with van der Waals surface area (Å²) in [5.74, 6) is -1.53. The molecule has 8 aliphatic rings. The topological polar surface area (TPSA) is 339 Å². The van der Waals surface area contributed by atoms with E-state index in [1.807, 2.05) is 6.92 Å². The molecule has 4 aliphatic heterocycles. The molecule has 29 atom stereocenters. The third kappa shape index (κ3) is 8.85. The summed E-state index contributed by atoms with van der Waals surface area (Å²) in [4.78, 5) is 0. The van der Waals surface area contributed by atoms with Crippen LogP contribution in [-0.2, 0) is 28.4 Å². The lowest BCUT2D eigenvalue weighted by atomic mass is 9.43. The van der Waals surface area contributed by atoms with Crippen molar-refractivity contribution in [1.82, 2.24) is 0 Å². The van der Waals surface area contributed by atoms with Crippen LogP contribution in [0.15, 0.2) is 0 Å². The van der Waals surface area contributed by atoms with Crippen molar-refractivity contribution in [2.75, 3.05) is 26.4 Å². The van der Waals surface area contributed by atoms with Gasteiger partial charge in [0, 0.05) is 12.3 Å². The normalized spacial score (nSPS) is 56.5. The van der Waals surface area contributed by atoms with Crippen LogP contribution in [0.3, 0.4) is 0 Å². The van der Waals surface area contributed by atoms with E-state index in [-0.39, 0.29) is 66.0 Å². The van der Waals surface area contributed by atoms with Gasteiger partial charge in [0.25, 0.3) is 0 Å². The number of hydrogen-bond donors (Lipinski definition) is 14. The minimum atomic E-state index is -1.78. The lowest BCUT2D eigenvalue weighted by molar-refractivity contribution is -0.343. The number of aliphatic hydroxyl groups is 14. The maximum atomic E-state index is 12.1. The van der Waals surface area contributed by atoms with Gasteiger partial charge in [-0.05, 0) is 104 Å². The molecule has 0 aromatic carbocycles. The molecule has 8 fully saturated rings. The molecule has 0 aromatic heterocycles. The molecule has 12 unspecified atom stereocenters. The molecular weight excluding hydrogens is 872 g/mol. The second kappa shape index (κ2) is 19.7. The summed E-state index contributed by atoms with van der Waals surface area (Å²) < 4.78 is 35.2. The van der Waals surface area contributed by atoms with Gasteiger partial charge in [0.05, 0.1) is 50.8 Å². The Kier molecular flexibility index (Phi) is 15.4. The van der Waals surface area contributed by atoms with E-state index in [1.165, 1.54) is 0 Å². The van der Waals surface area contributed by atoms with E-state index in [0.717, 1.165) is 19.3 Å². The number of fused-ring (bicyclic) bond motifs is 7. The van der Waals surface area contributed by atoms with Gasteiger partial charge in [-0.2, -0.15) is 0 Å². The number of aliphatic hydroxyl groups excluding tert-OH is 13. The van der Waals surface area contributed by atoms with E-state index in [0.29, 0.717) is 32.1 Å². The van der Waals surface area contributed by atoms with Crippen LogP contribution < -0.4 is 0 Å². The molecule has 0 spiro atoms. The van der Waals surface area contributed by atoms with E-state index in [1.54, 1.807) is 0 Å². The molecule has 382 valence electrons. The number of hydrogen-bond acceptors (Lipinski definition) is 20. The van der Waals surface area contributed by atoms with Crippen LogP contribution in [0.5, 0.6) is 0 Å². The summed E-state index contributed by atoms with van der Waals surface area (Å²) in [5, 5.41) is 150. The first-order chi connectivity index (χ1) is 31.1. The van der Waals surface area contributed by atoms with Crippen molar-refractivity contribution >= 4 is 0 Å².